The van der Waals surface area contributed by atoms with E-state index in [0.29, 0.717) is 6.07 Å². The van der Waals surface area contributed by atoms with Crippen molar-refractivity contribution in [3.05, 3.63) is 41.2 Å². The maximum Gasteiger partial charge on any atom is 0.149 e. The van der Waals surface area contributed by atoms with Gasteiger partial charge in [-0.25, -0.2) is 8.78 Å². The van der Waals surface area contributed by atoms with Gasteiger partial charge in [0.25, 0.3) is 0 Å². The SMILES string of the molecule is C/C(O)=C(\C#N)C(=S)Nc1ccc(F)cc1F. The zero-order valence-corrected chi connectivity index (χ0v) is 9.61. The van der Waals surface area contributed by atoms with Gasteiger partial charge in [0.05, 0.1) is 5.69 Å². The van der Waals surface area contributed by atoms with Crippen LogP contribution in [0.2, 0.25) is 0 Å². The van der Waals surface area contributed by atoms with E-state index in [1.54, 1.807) is 6.07 Å². The molecule has 0 aromatic heterocycles. The predicted octanol–water partition coefficient (Wildman–Crippen LogP) is 3.06. The van der Waals surface area contributed by atoms with Crippen LogP contribution >= 0.6 is 12.2 Å². The molecule has 17 heavy (non-hydrogen) atoms. The number of hydrogen-bond donors (Lipinski definition) is 2. The highest BCUT2D eigenvalue weighted by molar-refractivity contribution is 7.81. The van der Waals surface area contributed by atoms with Crippen LogP contribution < -0.4 is 5.32 Å². The Morgan fingerprint density at radius 2 is 2.12 bits per heavy atom. The Kier molecular flexibility index (Phi) is 4.12. The van der Waals surface area contributed by atoms with Crippen molar-refractivity contribution >= 4 is 22.9 Å². The minimum atomic E-state index is -0.833. The molecule has 1 aromatic rings. The number of rotatable bonds is 2. The van der Waals surface area contributed by atoms with E-state index in [1.807, 2.05) is 0 Å². The zero-order valence-electron chi connectivity index (χ0n) is 8.79. The molecule has 0 radical (unpaired) electrons. The molecule has 6 heteroatoms. The van der Waals surface area contributed by atoms with Crippen LogP contribution in [-0.4, -0.2) is 10.1 Å². The minimum absolute atomic E-state index is 0.0644. The Hall–Kier alpha value is -2.00. The van der Waals surface area contributed by atoms with Crippen LogP contribution in [0.15, 0.2) is 29.5 Å². The summed E-state index contributed by atoms with van der Waals surface area (Å²) in [5.41, 5.74) is -0.228. The summed E-state index contributed by atoms with van der Waals surface area (Å²) in [7, 11) is 0. The molecule has 0 aliphatic rings. The van der Waals surface area contributed by atoms with Gasteiger partial charge in [0, 0.05) is 6.07 Å². The molecule has 88 valence electrons. The first-order chi connectivity index (χ1) is 7.95. The summed E-state index contributed by atoms with van der Waals surface area (Å²) in [6, 6.07) is 4.57. The van der Waals surface area contributed by atoms with Gasteiger partial charge in [-0.2, -0.15) is 5.26 Å². The first-order valence-electron chi connectivity index (χ1n) is 4.52. The van der Waals surface area contributed by atoms with E-state index in [0.717, 1.165) is 12.1 Å². The second kappa shape index (κ2) is 5.37. The second-order valence-electron chi connectivity index (χ2n) is 3.15. The van der Waals surface area contributed by atoms with Crippen molar-refractivity contribution in [3.63, 3.8) is 0 Å². The summed E-state index contributed by atoms with van der Waals surface area (Å²) in [6.07, 6.45) is 0. The molecule has 0 aliphatic heterocycles. The number of anilines is 1. The molecule has 0 atom stereocenters. The molecule has 0 aliphatic carbocycles. The lowest BCUT2D eigenvalue weighted by atomic mass is 10.2. The largest absolute Gasteiger partial charge is 0.511 e. The summed E-state index contributed by atoms with van der Waals surface area (Å²) < 4.78 is 25.9. The smallest absolute Gasteiger partial charge is 0.149 e. The van der Waals surface area contributed by atoms with Gasteiger partial charge in [0.2, 0.25) is 0 Å². The van der Waals surface area contributed by atoms with Crippen LogP contribution in [-0.2, 0) is 0 Å². The van der Waals surface area contributed by atoms with Crippen molar-refractivity contribution in [2.75, 3.05) is 5.32 Å². The van der Waals surface area contributed by atoms with Gasteiger partial charge in [-0.3, -0.25) is 0 Å². The number of allylic oxidation sites excluding steroid dienone is 1. The summed E-state index contributed by atoms with van der Waals surface area (Å²) in [4.78, 5) is -0.127. The van der Waals surface area contributed by atoms with Crippen molar-refractivity contribution in [1.29, 1.82) is 5.26 Å². The molecule has 0 amide bonds. The summed E-state index contributed by atoms with van der Waals surface area (Å²) in [5.74, 6) is -1.82. The number of halogens is 2. The van der Waals surface area contributed by atoms with E-state index in [1.165, 1.54) is 6.92 Å². The fourth-order valence-electron chi connectivity index (χ4n) is 1.07. The van der Waals surface area contributed by atoms with Gasteiger partial charge < -0.3 is 10.4 Å². The third-order valence-electron chi connectivity index (χ3n) is 1.88. The second-order valence-corrected chi connectivity index (χ2v) is 3.56. The van der Waals surface area contributed by atoms with Crippen molar-refractivity contribution in [2.45, 2.75) is 6.92 Å². The Labute approximate surface area is 102 Å². The molecule has 1 rings (SSSR count). The fraction of sp³-hybridized carbons (Fsp3) is 0.0909. The van der Waals surface area contributed by atoms with Crippen molar-refractivity contribution in [3.8, 4) is 6.07 Å². The fourth-order valence-corrected chi connectivity index (χ4v) is 1.37. The number of nitrogens with one attached hydrogen (secondary N) is 1. The highest BCUT2D eigenvalue weighted by Gasteiger charge is 2.11. The van der Waals surface area contributed by atoms with Gasteiger partial charge in [-0.1, -0.05) is 12.2 Å². The number of nitrogens with zero attached hydrogens (tertiary/aromatic N) is 1. The number of hydrogen-bond acceptors (Lipinski definition) is 3. The summed E-state index contributed by atoms with van der Waals surface area (Å²) >= 11 is 4.81. The van der Waals surface area contributed by atoms with Crippen LogP contribution in [0.3, 0.4) is 0 Å². The van der Waals surface area contributed by atoms with E-state index in [-0.39, 0.29) is 22.0 Å². The molecule has 0 spiro atoms. The van der Waals surface area contributed by atoms with Gasteiger partial charge >= 0.3 is 0 Å². The van der Waals surface area contributed by atoms with E-state index in [9.17, 15) is 8.78 Å². The predicted molar refractivity (Wildman–Crippen MR) is 63.5 cm³/mol. The number of nitriles is 1. The first kappa shape index (κ1) is 13.1. The topological polar surface area (TPSA) is 56.0 Å². The average molecular weight is 254 g/mol. The Morgan fingerprint density at radius 3 is 2.59 bits per heavy atom. The minimum Gasteiger partial charge on any atom is -0.511 e. The summed E-state index contributed by atoms with van der Waals surface area (Å²) in [5, 5.41) is 20.3. The van der Waals surface area contributed by atoms with Gasteiger partial charge in [-0.15, -0.1) is 0 Å². The molecular weight excluding hydrogens is 246 g/mol. The molecule has 0 saturated carbocycles. The number of aliphatic hydroxyl groups excluding tert-OH is 1. The lowest BCUT2D eigenvalue weighted by Gasteiger charge is -2.08. The van der Waals surface area contributed by atoms with Crippen LogP contribution in [0, 0.1) is 23.0 Å². The number of aliphatic hydroxyl groups is 1. The van der Waals surface area contributed by atoms with E-state index in [4.69, 9.17) is 22.6 Å². The zero-order chi connectivity index (χ0) is 13.0. The van der Waals surface area contributed by atoms with Crippen molar-refractivity contribution in [1.82, 2.24) is 0 Å². The maximum atomic E-state index is 13.3. The van der Waals surface area contributed by atoms with Crippen LogP contribution in [0.25, 0.3) is 0 Å². The quantitative estimate of drug-likeness (QED) is 0.368. The Balaban J connectivity index is 2.97. The van der Waals surface area contributed by atoms with E-state index in [2.05, 4.69) is 5.32 Å². The third-order valence-corrected chi connectivity index (χ3v) is 2.19. The highest BCUT2D eigenvalue weighted by atomic mass is 32.1. The van der Waals surface area contributed by atoms with Gasteiger partial charge in [0.1, 0.15) is 34.0 Å². The third kappa shape index (κ3) is 3.23. The van der Waals surface area contributed by atoms with Crippen molar-refractivity contribution in [2.24, 2.45) is 0 Å². The van der Waals surface area contributed by atoms with Crippen LogP contribution in [0.1, 0.15) is 6.92 Å². The molecule has 0 fully saturated rings. The maximum absolute atomic E-state index is 13.3. The number of thiocarbonyl (C=S) groups is 1. The lowest BCUT2D eigenvalue weighted by Crippen LogP contribution is -2.13. The highest BCUT2D eigenvalue weighted by Crippen LogP contribution is 2.16. The van der Waals surface area contributed by atoms with Gasteiger partial charge in [0.15, 0.2) is 0 Å². The Bertz CT molecular complexity index is 531. The molecule has 0 bridgehead atoms. The molecule has 1 aromatic carbocycles. The average Bonchev–Trinajstić information content (AvgIpc) is 2.22. The molecule has 2 N–H and O–H groups in total. The standard InChI is InChI=1S/C11H8F2N2OS/c1-6(16)8(5-14)11(17)15-10-3-2-7(12)4-9(10)13/h2-4,16H,1H3,(H,15,17)/b8-6-. The van der Waals surface area contributed by atoms with Gasteiger partial charge in [-0.05, 0) is 19.1 Å². The molecule has 3 nitrogen and oxygen atoms in total. The van der Waals surface area contributed by atoms with Crippen LogP contribution in [0.5, 0.6) is 0 Å². The van der Waals surface area contributed by atoms with E-state index < -0.39 is 11.6 Å². The monoisotopic (exact) mass is 254 g/mol. The van der Waals surface area contributed by atoms with E-state index >= 15 is 0 Å². The summed E-state index contributed by atoms with van der Waals surface area (Å²) in [6.45, 7) is 1.29. The number of benzene rings is 1. The molecule has 0 saturated heterocycles. The normalized spacial score (nSPS) is 11.4. The molecule has 0 heterocycles. The first-order valence-corrected chi connectivity index (χ1v) is 4.93. The molecular formula is C11H8F2N2OS. The Morgan fingerprint density at radius 1 is 1.47 bits per heavy atom. The lowest BCUT2D eigenvalue weighted by molar-refractivity contribution is 0.412. The van der Waals surface area contributed by atoms with Crippen molar-refractivity contribution < 1.29 is 13.9 Å². The molecule has 0 unspecified atom stereocenters. The van der Waals surface area contributed by atoms with Crippen LogP contribution in [0.4, 0.5) is 14.5 Å².